The van der Waals surface area contributed by atoms with Crippen molar-refractivity contribution >= 4 is 68.4 Å². The molecule has 0 unspecified atom stereocenters. The molecule has 0 radical (unpaired) electrons. The first-order valence-electron chi connectivity index (χ1n) is 8.90. The number of carbonyl (C=O) groups is 1. The second-order valence-electron chi connectivity index (χ2n) is 6.36. The SMILES string of the molecule is N#C/C(=C/c1cc(Cl)c(OCc2ccc(Cl)cc2)c(Cl)c1)C(=O)Nc1cccc(Br)c1. The lowest BCUT2D eigenvalue weighted by Crippen LogP contribution is -2.13. The van der Waals surface area contributed by atoms with Crippen LogP contribution in [0.15, 0.2) is 70.7 Å². The fourth-order valence-electron chi connectivity index (χ4n) is 2.62. The van der Waals surface area contributed by atoms with Crippen molar-refractivity contribution < 1.29 is 9.53 Å². The molecule has 0 saturated heterocycles. The summed E-state index contributed by atoms with van der Waals surface area (Å²) in [5.41, 5.74) is 1.86. The Bertz CT molecular complexity index is 1170. The second-order valence-corrected chi connectivity index (χ2v) is 8.53. The number of hydrogen-bond donors (Lipinski definition) is 1. The van der Waals surface area contributed by atoms with Crippen LogP contribution in [0.25, 0.3) is 6.08 Å². The number of nitrogens with one attached hydrogen (secondary N) is 1. The zero-order valence-electron chi connectivity index (χ0n) is 15.8. The summed E-state index contributed by atoms with van der Waals surface area (Å²) in [7, 11) is 0. The van der Waals surface area contributed by atoms with Gasteiger partial charge in [0.2, 0.25) is 0 Å². The number of anilines is 1. The summed E-state index contributed by atoms with van der Waals surface area (Å²) >= 11 is 21.9. The average Bonchev–Trinajstić information content (AvgIpc) is 2.72. The van der Waals surface area contributed by atoms with Crippen LogP contribution in [-0.4, -0.2) is 5.91 Å². The minimum absolute atomic E-state index is 0.0954. The van der Waals surface area contributed by atoms with Gasteiger partial charge in [-0.25, -0.2) is 0 Å². The second kappa shape index (κ2) is 10.7. The first-order chi connectivity index (χ1) is 14.9. The molecule has 1 amide bonds. The van der Waals surface area contributed by atoms with E-state index >= 15 is 0 Å². The first-order valence-corrected chi connectivity index (χ1v) is 10.8. The monoisotopic (exact) mass is 534 g/mol. The number of rotatable bonds is 6. The highest BCUT2D eigenvalue weighted by atomic mass is 79.9. The van der Waals surface area contributed by atoms with Crippen molar-refractivity contribution in [3.63, 3.8) is 0 Å². The lowest BCUT2D eigenvalue weighted by atomic mass is 10.1. The molecule has 1 N–H and O–H groups in total. The van der Waals surface area contributed by atoms with E-state index in [-0.39, 0.29) is 22.2 Å². The normalized spacial score (nSPS) is 11.0. The molecule has 156 valence electrons. The number of ether oxygens (including phenoxy) is 1. The van der Waals surface area contributed by atoms with E-state index in [9.17, 15) is 10.1 Å². The van der Waals surface area contributed by atoms with Gasteiger partial charge in [-0.2, -0.15) is 5.26 Å². The molecular weight excluding hydrogens is 523 g/mol. The molecule has 0 aliphatic rings. The molecule has 3 rings (SSSR count). The number of carbonyl (C=O) groups excluding carboxylic acids is 1. The molecule has 0 aliphatic heterocycles. The van der Waals surface area contributed by atoms with Gasteiger partial charge in [-0.05, 0) is 59.7 Å². The van der Waals surface area contributed by atoms with Crippen LogP contribution in [-0.2, 0) is 11.4 Å². The van der Waals surface area contributed by atoms with Crippen LogP contribution < -0.4 is 10.1 Å². The third kappa shape index (κ3) is 6.49. The Labute approximate surface area is 203 Å². The fourth-order valence-corrected chi connectivity index (χ4v) is 3.76. The van der Waals surface area contributed by atoms with Gasteiger partial charge in [-0.3, -0.25) is 4.79 Å². The lowest BCUT2D eigenvalue weighted by molar-refractivity contribution is -0.112. The maximum atomic E-state index is 12.5. The number of benzene rings is 3. The predicted octanol–water partition coefficient (Wildman–Crippen LogP) is 7.53. The molecule has 0 spiro atoms. The Morgan fingerprint density at radius 2 is 1.74 bits per heavy atom. The Morgan fingerprint density at radius 1 is 1.06 bits per heavy atom. The van der Waals surface area contributed by atoms with Crippen molar-refractivity contribution in [1.29, 1.82) is 5.26 Å². The largest absolute Gasteiger partial charge is 0.486 e. The third-order valence-electron chi connectivity index (χ3n) is 4.08. The molecule has 31 heavy (non-hydrogen) atoms. The fraction of sp³-hybridized carbons (Fsp3) is 0.0435. The molecule has 0 bridgehead atoms. The van der Waals surface area contributed by atoms with Crippen LogP contribution >= 0.6 is 50.7 Å². The van der Waals surface area contributed by atoms with Crippen LogP contribution in [0.5, 0.6) is 5.75 Å². The summed E-state index contributed by atoms with van der Waals surface area (Å²) in [4.78, 5) is 12.5. The molecule has 0 fully saturated rings. The lowest BCUT2D eigenvalue weighted by Gasteiger charge is -2.11. The topological polar surface area (TPSA) is 62.1 Å². The molecule has 3 aromatic rings. The van der Waals surface area contributed by atoms with E-state index in [0.717, 1.165) is 10.0 Å². The molecule has 0 atom stereocenters. The van der Waals surface area contributed by atoms with Gasteiger partial charge in [0.05, 0.1) is 10.0 Å². The molecule has 3 aromatic carbocycles. The van der Waals surface area contributed by atoms with Crippen LogP contribution in [0.2, 0.25) is 15.1 Å². The zero-order chi connectivity index (χ0) is 22.4. The average molecular weight is 537 g/mol. The minimum atomic E-state index is -0.545. The summed E-state index contributed by atoms with van der Waals surface area (Å²) in [6.07, 6.45) is 1.41. The predicted molar refractivity (Wildman–Crippen MR) is 129 cm³/mol. The summed E-state index contributed by atoms with van der Waals surface area (Å²) in [5.74, 6) is -0.233. The summed E-state index contributed by atoms with van der Waals surface area (Å²) in [6.45, 7) is 0.254. The van der Waals surface area contributed by atoms with Crippen molar-refractivity contribution in [2.24, 2.45) is 0 Å². The highest BCUT2D eigenvalue weighted by Crippen LogP contribution is 2.35. The number of nitriles is 1. The zero-order valence-corrected chi connectivity index (χ0v) is 19.7. The van der Waals surface area contributed by atoms with Crippen molar-refractivity contribution in [3.8, 4) is 11.8 Å². The molecule has 4 nitrogen and oxygen atoms in total. The summed E-state index contributed by atoms with van der Waals surface area (Å²) < 4.78 is 6.55. The van der Waals surface area contributed by atoms with Crippen LogP contribution in [0.4, 0.5) is 5.69 Å². The quantitative estimate of drug-likeness (QED) is 0.262. The van der Waals surface area contributed by atoms with Gasteiger partial charge < -0.3 is 10.1 Å². The smallest absolute Gasteiger partial charge is 0.266 e. The molecule has 0 heterocycles. The van der Waals surface area contributed by atoms with Gasteiger partial charge in [0.15, 0.2) is 5.75 Å². The molecule has 8 heteroatoms. The Hall–Kier alpha value is -2.49. The highest BCUT2D eigenvalue weighted by Gasteiger charge is 2.13. The van der Waals surface area contributed by atoms with E-state index in [1.54, 1.807) is 42.5 Å². The number of nitrogens with zero attached hydrogens (tertiary/aromatic N) is 1. The van der Waals surface area contributed by atoms with Gasteiger partial charge in [0.1, 0.15) is 18.2 Å². The number of hydrogen-bond acceptors (Lipinski definition) is 3. The first kappa shape index (κ1) is 23.2. The van der Waals surface area contributed by atoms with Crippen LogP contribution in [0, 0.1) is 11.3 Å². The van der Waals surface area contributed by atoms with Crippen molar-refractivity contribution in [3.05, 3.63) is 96.9 Å². The minimum Gasteiger partial charge on any atom is -0.486 e. The Morgan fingerprint density at radius 3 is 2.35 bits per heavy atom. The molecule has 0 aliphatic carbocycles. The van der Waals surface area contributed by atoms with Gasteiger partial charge in [0, 0.05) is 15.2 Å². The maximum absolute atomic E-state index is 12.5. The molecular formula is C23H14BrCl3N2O2. The Balaban J connectivity index is 1.76. The standard InChI is InChI=1S/C23H14BrCl3N2O2/c24-17-2-1-3-19(11-17)29-23(30)16(12-28)8-15-9-20(26)22(21(27)10-15)31-13-14-4-6-18(25)7-5-14/h1-11H,13H2,(H,29,30)/b16-8-. The highest BCUT2D eigenvalue weighted by molar-refractivity contribution is 9.10. The van der Waals surface area contributed by atoms with E-state index < -0.39 is 5.91 Å². The van der Waals surface area contributed by atoms with Gasteiger partial charge in [-0.1, -0.05) is 68.9 Å². The number of amides is 1. The van der Waals surface area contributed by atoms with Crippen molar-refractivity contribution in [2.75, 3.05) is 5.32 Å². The molecule has 0 saturated carbocycles. The van der Waals surface area contributed by atoms with Crippen molar-refractivity contribution in [1.82, 2.24) is 0 Å². The van der Waals surface area contributed by atoms with E-state index in [1.807, 2.05) is 24.3 Å². The van der Waals surface area contributed by atoms with Crippen LogP contribution in [0.3, 0.4) is 0 Å². The van der Waals surface area contributed by atoms with Crippen molar-refractivity contribution in [2.45, 2.75) is 6.61 Å². The Kier molecular flexibility index (Phi) is 8.00. The van der Waals surface area contributed by atoms with Gasteiger partial charge in [0.25, 0.3) is 5.91 Å². The van der Waals surface area contributed by atoms with Gasteiger partial charge in [-0.15, -0.1) is 0 Å². The van der Waals surface area contributed by atoms with E-state index in [0.29, 0.717) is 22.0 Å². The van der Waals surface area contributed by atoms with E-state index in [1.165, 1.54) is 6.08 Å². The van der Waals surface area contributed by atoms with E-state index in [4.69, 9.17) is 39.5 Å². The summed E-state index contributed by atoms with van der Waals surface area (Å²) in [5, 5.41) is 13.3. The summed E-state index contributed by atoms with van der Waals surface area (Å²) in [6, 6.07) is 19.3. The number of halogens is 4. The third-order valence-corrected chi connectivity index (χ3v) is 5.38. The molecule has 0 aromatic heterocycles. The van der Waals surface area contributed by atoms with Crippen LogP contribution in [0.1, 0.15) is 11.1 Å². The maximum Gasteiger partial charge on any atom is 0.266 e. The van der Waals surface area contributed by atoms with E-state index in [2.05, 4.69) is 21.2 Å². The van der Waals surface area contributed by atoms with Gasteiger partial charge >= 0.3 is 0 Å².